The van der Waals surface area contributed by atoms with Gasteiger partial charge >= 0.3 is 5.97 Å². The summed E-state index contributed by atoms with van der Waals surface area (Å²) in [5, 5.41) is 19.7. The third-order valence-electron chi connectivity index (χ3n) is 8.89. The number of carboxylic acids is 1. The largest absolute Gasteiger partial charge is 0.481 e. The van der Waals surface area contributed by atoms with Crippen LogP contribution < -0.4 is 0 Å². The van der Waals surface area contributed by atoms with Crippen LogP contribution in [0.5, 0.6) is 0 Å². The number of aliphatic hydroxyl groups is 1. The van der Waals surface area contributed by atoms with Crippen molar-refractivity contribution in [3.63, 3.8) is 0 Å². The topological polar surface area (TPSA) is 66.8 Å². The van der Waals surface area contributed by atoms with Gasteiger partial charge in [-0.15, -0.1) is 0 Å². The van der Waals surface area contributed by atoms with E-state index in [1.165, 1.54) is 37.7 Å². The third-order valence-corrected chi connectivity index (χ3v) is 13.5. The lowest BCUT2D eigenvalue weighted by Gasteiger charge is -2.49. The summed E-state index contributed by atoms with van der Waals surface area (Å²) in [5.74, 6) is 0.209. The molecule has 2 N–H and O–H groups in total. The fourth-order valence-corrected chi connectivity index (χ4v) is 7.42. The van der Waals surface area contributed by atoms with Crippen molar-refractivity contribution < 1.29 is 19.4 Å². The van der Waals surface area contributed by atoms with Crippen LogP contribution in [-0.2, 0) is 9.22 Å². The smallest absolute Gasteiger partial charge is 0.303 e. The van der Waals surface area contributed by atoms with E-state index in [0.29, 0.717) is 5.92 Å². The highest BCUT2D eigenvalue weighted by atomic mass is 28.4. The molecule has 4 nitrogen and oxygen atoms in total. The van der Waals surface area contributed by atoms with Gasteiger partial charge in [0.25, 0.3) is 0 Å². The molecule has 0 unspecified atom stereocenters. The van der Waals surface area contributed by atoms with Crippen LogP contribution >= 0.6 is 0 Å². The molecule has 2 rings (SSSR count). The Morgan fingerprint density at radius 1 is 1.06 bits per heavy atom. The minimum atomic E-state index is -1.88. The van der Waals surface area contributed by atoms with Crippen LogP contribution in [0, 0.1) is 11.8 Å². The molecule has 0 aromatic carbocycles. The average molecular weight is 481 g/mol. The SMILES string of the molecule is CC(C)(C)[Si](C)(C)O[C@@](C)(CCC1=CC[C@H](O)[C@@H]1CCCCCCC(=O)O)C1CCCCC1. The van der Waals surface area contributed by atoms with E-state index in [2.05, 4.69) is 46.9 Å². The van der Waals surface area contributed by atoms with Crippen LogP contribution in [0.1, 0.15) is 118 Å². The molecule has 1 fully saturated rings. The van der Waals surface area contributed by atoms with E-state index in [1.807, 2.05) is 0 Å². The summed E-state index contributed by atoms with van der Waals surface area (Å²) in [6.45, 7) is 14.2. The fraction of sp³-hybridized carbons (Fsp3) is 0.893. The Morgan fingerprint density at radius 3 is 2.30 bits per heavy atom. The fourth-order valence-electron chi connectivity index (χ4n) is 5.67. The number of aliphatic carboxylic acids is 1. The predicted octanol–water partition coefficient (Wildman–Crippen LogP) is 7.86. The van der Waals surface area contributed by atoms with Crippen molar-refractivity contribution in [3.05, 3.63) is 11.6 Å². The molecule has 0 radical (unpaired) electrons. The molecule has 0 aromatic rings. The van der Waals surface area contributed by atoms with E-state index in [-0.39, 0.29) is 29.1 Å². The van der Waals surface area contributed by atoms with Crippen molar-refractivity contribution >= 4 is 14.3 Å². The van der Waals surface area contributed by atoms with E-state index in [9.17, 15) is 9.90 Å². The Balaban J connectivity index is 1.99. The molecule has 2 aliphatic carbocycles. The molecular weight excluding hydrogens is 428 g/mol. The zero-order valence-corrected chi connectivity index (χ0v) is 23.4. The van der Waals surface area contributed by atoms with Crippen LogP contribution in [-0.4, -0.2) is 36.2 Å². The van der Waals surface area contributed by atoms with Crippen LogP contribution in [0.25, 0.3) is 0 Å². The lowest BCUT2D eigenvalue weighted by molar-refractivity contribution is -0.137. The molecule has 0 spiro atoms. The van der Waals surface area contributed by atoms with Gasteiger partial charge in [0.15, 0.2) is 8.32 Å². The number of rotatable bonds is 13. The van der Waals surface area contributed by atoms with Gasteiger partial charge in [0.2, 0.25) is 0 Å². The number of hydrogen-bond acceptors (Lipinski definition) is 3. The Labute approximate surface area is 204 Å². The molecule has 0 bridgehead atoms. The number of aliphatic hydroxyl groups excluding tert-OH is 1. The van der Waals surface area contributed by atoms with Crippen molar-refractivity contribution in [3.8, 4) is 0 Å². The van der Waals surface area contributed by atoms with Gasteiger partial charge in [-0.2, -0.15) is 0 Å². The van der Waals surface area contributed by atoms with E-state index >= 15 is 0 Å². The van der Waals surface area contributed by atoms with Gasteiger partial charge in [-0.1, -0.05) is 70.9 Å². The molecule has 2 aliphatic rings. The van der Waals surface area contributed by atoms with Gasteiger partial charge in [0.1, 0.15) is 0 Å². The molecule has 0 aliphatic heterocycles. The summed E-state index contributed by atoms with van der Waals surface area (Å²) in [7, 11) is -1.88. The number of carboxylic acid groups (broad SMARTS) is 1. The van der Waals surface area contributed by atoms with E-state index < -0.39 is 14.3 Å². The Bertz CT molecular complexity index is 645. The maximum atomic E-state index is 10.7. The second-order valence-corrected chi connectivity index (χ2v) is 17.3. The van der Waals surface area contributed by atoms with E-state index in [0.717, 1.165) is 51.4 Å². The van der Waals surface area contributed by atoms with Crippen molar-refractivity contribution in [2.24, 2.45) is 11.8 Å². The highest BCUT2D eigenvalue weighted by molar-refractivity contribution is 6.74. The first-order valence-electron chi connectivity index (χ1n) is 13.6. The summed E-state index contributed by atoms with van der Waals surface area (Å²) in [6, 6.07) is 0. The number of hydrogen-bond donors (Lipinski definition) is 2. The van der Waals surface area contributed by atoms with Gasteiger partial charge in [-0.3, -0.25) is 4.79 Å². The average Bonchev–Trinajstić information content (AvgIpc) is 3.08. The molecule has 5 heteroatoms. The third kappa shape index (κ3) is 8.50. The quantitative estimate of drug-likeness (QED) is 0.160. The minimum absolute atomic E-state index is 0.0841. The minimum Gasteiger partial charge on any atom is -0.481 e. The number of unbranched alkanes of at least 4 members (excludes halogenated alkanes) is 3. The van der Waals surface area contributed by atoms with Crippen molar-refractivity contribution in [2.45, 2.75) is 147 Å². The van der Waals surface area contributed by atoms with E-state index in [4.69, 9.17) is 9.53 Å². The van der Waals surface area contributed by atoms with Crippen molar-refractivity contribution in [1.82, 2.24) is 0 Å². The van der Waals surface area contributed by atoms with Gasteiger partial charge in [-0.05, 0) is 75.9 Å². The second kappa shape index (κ2) is 12.4. The van der Waals surface area contributed by atoms with Gasteiger partial charge in [0.05, 0.1) is 11.7 Å². The van der Waals surface area contributed by atoms with Gasteiger partial charge in [0, 0.05) is 12.3 Å². The molecule has 3 atom stereocenters. The van der Waals surface area contributed by atoms with Crippen molar-refractivity contribution in [2.75, 3.05) is 0 Å². The second-order valence-electron chi connectivity index (χ2n) is 12.5. The molecule has 0 aromatic heterocycles. The zero-order valence-electron chi connectivity index (χ0n) is 22.4. The lowest BCUT2D eigenvalue weighted by Crippen LogP contribution is -2.52. The van der Waals surface area contributed by atoms with Crippen molar-refractivity contribution in [1.29, 1.82) is 0 Å². The van der Waals surface area contributed by atoms with Crippen LogP contribution in [0.15, 0.2) is 11.6 Å². The first kappa shape index (κ1) is 28.6. The lowest BCUT2D eigenvalue weighted by atomic mass is 9.75. The highest BCUT2D eigenvalue weighted by Crippen LogP contribution is 2.46. The molecule has 1 saturated carbocycles. The summed E-state index contributed by atoms with van der Waals surface area (Å²) < 4.78 is 7.20. The molecular formula is C28H52O4Si. The first-order chi connectivity index (χ1) is 15.4. The first-order valence-corrected chi connectivity index (χ1v) is 16.6. The number of carbonyl (C=O) groups is 1. The summed E-state index contributed by atoms with van der Waals surface area (Å²) in [5.41, 5.74) is 1.35. The standard InChI is InChI=1S/C28H52O4Si/c1-27(2,3)33(5,6)32-28(4,23-14-10-9-11-15-23)21-20-22-18-19-25(29)24(22)16-12-7-8-13-17-26(30)31/h18,23-25,29H,7-17,19-21H2,1-6H3,(H,30,31)/t24-,25+,28+/m1/s1. The van der Waals surface area contributed by atoms with Crippen LogP contribution in [0.3, 0.4) is 0 Å². The predicted molar refractivity (Wildman–Crippen MR) is 140 cm³/mol. The highest BCUT2D eigenvalue weighted by Gasteiger charge is 2.46. The maximum absolute atomic E-state index is 10.7. The van der Waals surface area contributed by atoms with Gasteiger partial charge in [-0.25, -0.2) is 0 Å². The maximum Gasteiger partial charge on any atom is 0.303 e. The molecule has 33 heavy (non-hydrogen) atoms. The monoisotopic (exact) mass is 480 g/mol. The summed E-state index contributed by atoms with van der Waals surface area (Å²) >= 11 is 0. The Morgan fingerprint density at radius 2 is 1.70 bits per heavy atom. The normalized spacial score (nSPS) is 24.5. The van der Waals surface area contributed by atoms with Gasteiger partial charge < -0.3 is 14.6 Å². The summed E-state index contributed by atoms with van der Waals surface area (Å²) in [6.07, 6.45) is 16.6. The van der Waals surface area contributed by atoms with Crippen LogP contribution in [0.4, 0.5) is 0 Å². The molecule has 0 amide bonds. The van der Waals surface area contributed by atoms with E-state index in [1.54, 1.807) is 0 Å². The Hall–Kier alpha value is -0.653. The Kier molecular flexibility index (Phi) is 10.7. The zero-order chi connectivity index (χ0) is 24.7. The van der Waals surface area contributed by atoms with Crippen LogP contribution in [0.2, 0.25) is 18.1 Å². The summed E-state index contributed by atoms with van der Waals surface area (Å²) in [4.78, 5) is 10.7. The molecule has 192 valence electrons. The molecule has 0 heterocycles. The molecule has 0 saturated heterocycles.